The lowest BCUT2D eigenvalue weighted by Crippen LogP contribution is -2.18. The highest BCUT2D eigenvalue weighted by atomic mass is 35.5. The summed E-state index contributed by atoms with van der Waals surface area (Å²) in [7, 11) is 0. The van der Waals surface area contributed by atoms with Crippen molar-refractivity contribution in [2.45, 2.75) is 13.8 Å². The number of hydrogen-bond acceptors (Lipinski definition) is 2. The first kappa shape index (κ1) is 17.3. The van der Waals surface area contributed by atoms with Gasteiger partial charge in [0.25, 0.3) is 5.91 Å². The summed E-state index contributed by atoms with van der Waals surface area (Å²) in [6, 6.07) is 11.6. The zero-order chi connectivity index (χ0) is 17.0. The Hall–Kier alpha value is -2.04. The third-order valence-electron chi connectivity index (χ3n) is 3.09. The zero-order valence-electron chi connectivity index (χ0n) is 12.7. The number of carbonyl (C=O) groups is 2. The second-order valence-corrected chi connectivity index (χ2v) is 6.15. The molecule has 0 aliphatic rings. The van der Waals surface area contributed by atoms with Gasteiger partial charge in [0.05, 0.1) is 10.6 Å². The standard InChI is InChI=1S/C17H16Cl2N2O2/c1-10(2)16(22)20-12-4-3-5-13(9-12)21-17(23)14-8-11(18)6-7-15(14)19/h3-10H,1-2H3,(H,20,22)(H,21,23). The summed E-state index contributed by atoms with van der Waals surface area (Å²) < 4.78 is 0. The Morgan fingerprint density at radius 1 is 0.957 bits per heavy atom. The highest BCUT2D eigenvalue weighted by Crippen LogP contribution is 2.23. The van der Waals surface area contributed by atoms with Crippen molar-refractivity contribution in [1.29, 1.82) is 0 Å². The summed E-state index contributed by atoms with van der Waals surface area (Å²) in [5.74, 6) is -0.588. The van der Waals surface area contributed by atoms with Crippen molar-refractivity contribution in [3.63, 3.8) is 0 Å². The van der Waals surface area contributed by atoms with Gasteiger partial charge in [-0.3, -0.25) is 9.59 Å². The Labute approximate surface area is 144 Å². The Balaban J connectivity index is 2.15. The number of nitrogens with one attached hydrogen (secondary N) is 2. The number of halogens is 2. The van der Waals surface area contributed by atoms with Crippen molar-refractivity contribution >= 4 is 46.4 Å². The van der Waals surface area contributed by atoms with Crippen LogP contribution in [0.1, 0.15) is 24.2 Å². The van der Waals surface area contributed by atoms with Crippen molar-refractivity contribution in [2.75, 3.05) is 10.6 Å². The SMILES string of the molecule is CC(C)C(=O)Nc1cccc(NC(=O)c2cc(Cl)ccc2Cl)c1. The summed E-state index contributed by atoms with van der Waals surface area (Å²) >= 11 is 11.9. The molecule has 23 heavy (non-hydrogen) atoms. The second-order valence-electron chi connectivity index (χ2n) is 5.30. The maximum atomic E-state index is 12.3. The quantitative estimate of drug-likeness (QED) is 0.828. The molecule has 2 rings (SSSR count). The lowest BCUT2D eigenvalue weighted by molar-refractivity contribution is -0.118. The Bertz CT molecular complexity index is 745. The van der Waals surface area contributed by atoms with Gasteiger partial charge in [-0.15, -0.1) is 0 Å². The predicted molar refractivity (Wildman–Crippen MR) is 94.3 cm³/mol. The minimum Gasteiger partial charge on any atom is -0.326 e. The highest BCUT2D eigenvalue weighted by molar-refractivity contribution is 6.36. The number of benzene rings is 2. The van der Waals surface area contributed by atoms with Crippen LogP contribution in [-0.4, -0.2) is 11.8 Å². The molecule has 2 aromatic carbocycles. The molecule has 0 saturated carbocycles. The largest absolute Gasteiger partial charge is 0.326 e. The van der Waals surface area contributed by atoms with E-state index in [9.17, 15) is 9.59 Å². The molecule has 2 aromatic rings. The fraction of sp³-hybridized carbons (Fsp3) is 0.176. The third-order valence-corrected chi connectivity index (χ3v) is 3.65. The average molecular weight is 351 g/mol. The Morgan fingerprint density at radius 3 is 2.26 bits per heavy atom. The van der Waals surface area contributed by atoms with Gasteiger partial charge in [-0.1, -0.05) is 43.1 Å². The molecule has 0 aromatic heterocycles. The van der Waals surface area contributed by atoms with Gasteiger partial charge in [0.2, 0.25) is 5.91 Å². The van der Waals surface area contributed by atoms with Gasteiger partial charge in [0, 0.05) is 22.3 Å². The number of amides is 2. The molecule has 0 heterocycles. The molecule has 120 valence electrons. The summed E-state index contributed by atoms with van der Waals surface area (Å²) in [5.41, 5.74) is 1.45. The minimum absolute atomic E-state index is 0.0913. The lowest BCUT2D eigenvalue weighted by atomic mass is 10.2. The average Bonchev–Trinajstić information content (AvgIpc) is 2.49. The Morgan fingerprint density at radius 2 is 1.61 bits per heavy atom. The van der Waals surface area contributed by atoms with E-state index in [2.05, 4.69) is 10.6 Å². The molecule has 0 bridgehead atoms. The summed E-state index contributed by atoms with van der Waals surface area (Å²) in [6.45, 7) is 3.62. The van der Waals surface area contributed by atoms with Crippen LogP contribution < -0.4 is 10.6 Å². The van der Waals surface area contributed by atoms with Crippen LogP contribution in [0.5, 0.6) is 0 Å². The molecule has 0 unspecified atom stereocenters. The molecule has 0 aliphatic heterocycles. The minimum atomic E-state index is -0.371. The molecule has 4 nitrogen and oxygen atoms in total. The molecular formula is C17H16Cl2N2O2. The van der Waals surface area contributed by atoms with Gasteiger partial charge >= 0.3 is 0 Å². The molecule has 2 amide bonds. The first-order valence-corrected chi connectivity index (χ1v) is 7.79. The molecule has 0 radical (unpaired) electrons. The topological polar surface area (TPSA) is 58.2 Å². The van der Waals surface area contributed by atoms with Gasteiger partial charge in [0.1, 0.15) is 0 Å². The van der Waals surface area contributed by atoms with Crippen molar-refractivity contribution < 1.29 is 9.59 Å². The van der Waals surface area contributed by atoms with Gasteiger partial charge in [-0.2, -0.15) is 0 Å². The van der Waals surface area contributed by atoms with Crippen molar-refractivity contribution in [2.24, 2.45) is 5.92 Å². The van der Waals surface area contributed by atoms with Crippen molar-refractivity contribution in [3.8, 4) is 0 Å². The van der Waals surface area contributed by atoms with Gasteiger partial charge in [-0.05, 0) is 36.4 Å². The monoisotopic (exact) mass is 350 g/mol. The smallest absolute Gasteiger partial charge is 0.257 e. The molecule has 0 saturated heterocycles. The molecule has 2 N–H and O–H groups in total. The number of anilines is 2. The fourth-order valence-electron chi connectivity index (χ4n) is 1.83. The van der Waals surface area contributed by atoms with E-state index in [1.165, 1.54) is 6.07 Å². The van der Waals surface area contributed by atoms with Gasteiger partial charge in [-0.25, -0.2) is 0 Å². The first-order valence-electron chi connectivity index (χ1n) is 7.04. The van der Waals surface area contributed by atoms with E-state index in [0.29, 0.717) is 21.4 Å². The van der Waals surface area contributed by atoms with E-state index >= 15 is 0 Å². The molecule has 0 fully saturated rings. The first-order chi connectivity index (χ1) is 10.9. The van der Waals surface area contributed by atoms with E-state index in [1.54, 1.807) is 36.4 Å². The van der Waals surface area contributed by atoms with E-state index in [1.807, 2.05) is 13.8 Å². The van der Waals surface area contributed by atoms with Crippen LogP contribution in [0, 0.1) is 5.92 Å². The fourth-order valence-corrected chi connectivity index (χ4v) is 2.21. The number of carbonyl (C=O) groups excluding carboxylic acids is 2. The van der Waals surface area contributed by atoms with Crippen LogP contribution in [-0.2, 0) is 4.79 Å². The van der Waals surface area contributed by atoms with Gasteiger partial charge < -0.3 is 10.6 Å². The van der Waals surface area contributed by atoms with E-state index in [-0.39, 0.29) is 23.3 Å². The van der Waals surface area contributed by atoms with Crippen LogP contribution in [0.15, 0.2) is 42.5 Å². The van der Waals surface area contributed by atoms with Crippen LogP contribution in [0.4, 0.5) is 11.4 Å². The number of rotatable bonds is 4. The van der Waals surface area contributed by atoms with Crippen molar-refractivity contribution in [3.05, 3.63) is 58.1 Å². The third kappa shape index (κ3) is 4.71. The van der Waals surface area contributed by atoms with Crippen LogP contribution in [0.2, 0.25) is 10.0 Å². The van der Waals surface area contributed by atoms with Crippen molar-refractivity contribution in [1.82, 2.24) is 0 Å². The van der Waals surface area contributed by atoms with Crippen LogP contribution >= 0.6 is 23.2 Å². The van der Waals surface area contributed by atoms with Crippen LogP contribution in [0.25, 0.3) is 0 Å². The zero-order valence-corrected chi connectivity index (χ0v) is 14.2. The normalized spacial score (nSPS) is 10.5. The summed E-state index contributed by atoms with van der Waals surface area (Å²) in [4.78, 5) is 24.0. The maximum Gasteiger partial charge on any atom is 0.257 e. The number of hydrogen-bond donors (Lipinski definition) is 2. The molecule has 0 atom stereocenters. The Kier molecular flexibility index (Phi) is 5.64. The van der Waals surface area contributed by atoms with Gasteiger partial charge in [0.15, 0.2) is 0 Å². The molecule has 0 aliphatic carbocycles. The molecular weight excluding hydrogens is 335 g/mol. The molecule has 0 spiro atoms. The lowest BCUT2D eigenvalue weighted by Gasteiger charge is -2.11. The van der Waals surface area contributed by atoms with E-state index in [0.717, 1.165) is 0 Å². The van der Waals surface area contributed by atoms with E-state index in [4.69, 9.17) is 23.2 Å². The predicted octanol–water partition coefficient (Wildman–Crippen LogP) is 4.84. The second kappa shape index (κ2) is 7.49. The van der Waals surface area contributed by atoms with E-state index < -0.39 is 0 Å². The summed E-state index contributed by atoms with van der Waals surface area (Å²) in [6.07, 6.45) is 0. The maximum absolute atomic E-state index is 12.3. The van der Waals surface area contributed by atoms with Crippen LogP contribution in [0.3, 0.4) is 0 Å². The highest BCUT2D eigenvalue weighted by Gasteiger charge is 2.12. The summed E-state index contributed by atoms with van der Waals surface area (Å²) in [5, 5.41) is 6.26. The molecule has 6 heteroatoms.